The highest BCUT2D eigenvalue weighted by molar-refractivity contribution is 5.39. The Balaban J connectivity index is 1.81. The van der Waals surface area contributed by atoms with Gasteiger partial charge in [-0.1, -0.05) is 17.9 Å². The zero-order valence-corrected chi connectivity index (χ0v) is 13.0. The molecule has 1 saturated carbocycles. The number of nitrogens with zero attached hydrogens (tertiary/aromatic N) is 1. The van der Waals surface area contributed by atoms with Crippen LogP contribution in [0.3, 0.4) is 0 Å². The third-order valence-electron chi connectivity index (χ3n) is 3.71. The molecule has 1 aromatic carbocycles. The van der Waals surface area contributed by atoms with E-state index in [1.165, 1.54) is 19.4 Å². The van der Waals surface area contributed by atoms with Gasteiger partial charge in [-0.05, 0) is 50.8 Å². The van der Waals surface area contributed by atoms with Crippen LogP contribution < -0.4 is 4.74 Å². The van der Waals surface area contributed by atoms with Crippen LogP contribution in [0.25, 0.3) is 0 Å². The van der Waals surface area contributed by atoms with Crippen LogP contribution in [0.1, 0.15) is 32.3 Å². The van der Waals surface area contributed by atoms with Gasteiger partial charge in [-0.2, -0.15) is 0 Å². The smallest absolute Gasteiger partial charge is 0.120 e. The van der Waals surface area contributed by atoms with Crippen molar-refractivity contribution in [3.05, 3.63) is 29.8 Å². The molecule has 0 heterocycles. The fraction of sp³-hybridized carbons (Fsp3) is 0.556. The average molecular weight is 287 g/mol. The van der Waals surface area contributed by atoms with Crippen molar-refractivity contribution >= 4 is 0 Å². The van der Waals surface area contributed by atoms with Gasteiger partial charge in [-0.15, -0.1) is 0 Å². The summed E-state index contributed by atoms with van der Waals surface area (Å²) >= 11 is 0. The Kier molecular flexibility index (Phi) is 6.10. The van der Waals surface area contributed by atoms with Crippen LogP contribution in [0.2, 0.25) is 0 Å². The van der Waals surface area contributed by atoms with Crippen LogP contribution >= 0.6 is 0 Å². The van der Waals surface area contributed by atoms with E-state index >= 15 is 0 Å². The molecule has 1 fully saturated rings. The van der Waals surface area contributed by atoms with Crippen molar-refractivity contribution in [3.63, 3.8) is 0 Å². The predicted molar refractivity (Wildman–Crippen MR) is 85.3 cm³/mol. The van der Waals surface area contributed by atoms with Gasteiger partial charge in [-0.3, -0.25) is 4.90 Å². The van der Waals surface area contributed by atoms with Crippen LogP contribution in [0.5, 0.6) is 5.75 Å². The minimum absolute atomic E-state index is 0.115. The maximum Gasteiger partial charge on any atom is 0.120 e. The molecule has 0 amide bonds. The SMILES string of the molecule is CC(C)N(CCOc1cccc(C#CCO)c1)CC1CC1. The lowest BCUT2D eigenvalue weighted by Crippen LogP contribution is -2.36. The van der Waals surface area contributed by atoms with Crippen LogP contribution in [-0.2, 0) is 0 Å². The summed E-state index contributed by atoms with van der Waals surface area (Å²) in [5, 5.41) is 8.72. The summed E-state index contributed by atoms with van der Waals surface area (Å²) in [6.45, 7) is 7.22. The van der Waals surface area contributed by atoms with Gasteiger partial charge in [0.05, 0.1) is 0 Å². The quantitative estimate of drug-likeness (QED) is 0.782. The summed E-state index contributed by atoms with van der Waals surface area (Å²) in [5.41, 5.74) is 0.875. The van der Waals surface area contributed by atoms with E-state index in [0.29, 0.717) is 12.6 Å². The molecule has 0 spiro atoms. The van der Waals surface area contributed by atoms with Crippen LogP contribution in [0, 0.1) is 17.8 Å². The molecule has 2 rings (SSSR count). The molecule has 1 aliphatic rings. The molecular weight excluding hydrogens is 262 g/mol. The molecule has 0 atom stereocenters. The minimum atomic E-state index is -0.115. The zero-order chi connectivity index (χ0) is 15.1. The topological polar surface area (TPSA) is 32.7 Å². The minimum Gasteiger partial charge on any atom is -0.492 e. The first-order chi connectivity index (χ1) is 10.2. The van der Waals surface area contributed by atoms with E-state index in [1.807, 2.05) is 24.3 Å². The van der Waals surface area contributed by atoms with Gasteiger partial charge in [0.2, 0.25) is 0 Å². The first-order valence-electron chi connectivity index (χ1n) is 7.75. The van der Waals surface area contributed by atoms with Crippen molar-refractivity contribution in [3.8, 4) is 17.6 Å². The summed E-state index contributed by atoms with van der Waals surface area (Å²) < 4.78 is 5.84. The van der Waals surface area contributed by atoms with E-state index in [0.717, 1.165) is 23.8 Å². The van der Waals surface area contributed by atoms with E-state index in [1.54, 1.807) is 0 Å². The van der Waals surface area contributed by atoms with Crippen molar-refractivity contribution in [1.82, 2.24) is 4.90 Å². The molecule has 114 valence electrons. The summed E-state index contributed by atoms with van der Waals surface area (Å²) in [6.07, 6.45) is 2.77. The van der Waals surface area contributed by atoms with Gasteiger partial charge in [0.1, 0.15) is 19.0 Å². The number of aliphatic hydroxyl groups excluding tert-OH is 1. The Morgan fingerprint density at radius 2 is 2.19 bits per heavy atom. The Morgan fingerprint density at radius 3 is 2.86 bits per heavy atom. The molecule has 0 bridgehead atoms. The van der Waals surface area contributed by atoms with E-state index in [-0.39, 0.29) is 6.61 Å². The van der Waals surface area contributed by atoms with Gasteiger partial charge in [0.15, 0.2) is 0 Å². The molecule has 0 unspecified atom stereocenters. The highest BCUT2D eigenvalue weighted by Gasteiger charge is 2.25. The number of ether oxygens (including phenoxy) is 1. The Bertz CT molecular complexity index is 497. The molecule has 0 aliphatic heterocycles. The summed E-state index contributed by atoms with van der Waals surface area (Å²) in [5.74, 6) is 7.30. The van der Waals surface area contributed by atoms with Crippen molar-refractivity contribution in [2.45, 2.75) is 32.7 Å². The first kappa shape index (κ1) is 15.9. The number of hydrogen-bond acceptors (Lipinski definition) is 3. The lowest BCUT2D eigenvalue weighted by atomic mass is 10.2. The second kappa shape index (κ2) is 8.07. The molecule has 1 aliphatic carbocycles. The fourth-order valence-corrected chi connectivity index (χ4v) is 2.28. The lowest BCUT2D eigenvalue weighted by molar-refractivity contribution is 0.170. The summed E-state index contributed by atoms with van der Waals surface area (Å²) in [4.78, 5) is 2.49. The van der Waals surface area contributed by atoms with Crippen molar-refractivity contribution < 1.29 is 9.84 Å². The van der Waals surface area contributed by atoms with Crippen molar-refractivity contribution in [1.29, 1.82) is 0 Å². The van der Waals surface area contributed by atoms with Crippen molar-refractivity contribution in [2.24, 2.45) is 5.92 Å². The number of aliphatic hydroxyl groups is 1. The Morgan fingerprint density at radius 1 is 1.38 bits per heavy atom. The Hall–Kier alpha value is -1.50. The van der Waals surface area contributed by atoms with Gasteiger partial charge < -0.3 is 9.84 Å². The monoisotopic (exact) mass is 287 g/mol. The second-order valence-electron chi connectivity index (χ2n) is 5.87. The molecule has 3 heteroatoms. The third kappa shape index (κ3) is 5.79. The predicted octanol–water partition coefficient (Wildman–Crippen LogP) is 2.53. The van der Waals surface area contributed by atoms with E-state index < -0.39 is 0 Å². The molecular formula is C18H25NO2. The van der Waals surface area contributed by atoms with Gasteiger partial charge >= 0.3 is 0 Å². The zero-order valence-electron chi connectivity index (χ0n) is 13.0. The van der Waals surface area contributed by atoms with Gasteiger partial charge in [-0.25, -0.2) is 0 Å². The molecule has 1 N–H and O–H groups in total. The fourth-order valence-electron chi connectivity index (χ4n) is 2.28. The number of benzene rings is 1. The average Bonchev–Trinajstić information content (AvgIpc) is 3.28. The van der Waals surface area contributed by atoms with E-state index in [9.17, 15) is 0 Å². The largest absolute Gasteiger partial charge is 0.492 e. The molecule has 0 saturated heterocycles. The highest BCUT2D eigenvalue weighted by atomic mass is 16.5. The maximum absolute atomic E-state index is 8.72. The van der Waals surface area contributed by atoms with E-state index in [4.69, 9.17) is 9.84 Å². The molecule has 0 radical (unpaired) electrons. The van der Waals surface area contributed by atoms with Gasteiger partial charge in [0.25, 0.3) is 0 Å². The number of rotatable bonds is 7. The standard InChI is InChI=1S/C18H25NO2/c1-15(2)19(14-17-8-9-17)10-12-21-18-7-3-5-16(13-18)6-4-11-20/h3,5,7,13,15,17,20H,8-12,14H2,1-2H3. The molecule has 21 heavy (non-hydrogen) atoms. The molecule has 3 nitrogen and oxygen atoms in total. The van der Waals surface area contributed by atoms with Crippen LogP contribution in [-0.4, -0.2) is 42.4 Å². The lowest BCUT2D eigenvalue weighted by Gasteiger charge is -2.26. The summed E-state index contributed by atoms with van der Waals surface area (Å²) in [6, 6.07) is 8.29. The van der Waals surface area contributed by atoms with Gasteiger partial charge in [0, 0.05) is 24.7 Å². The third-order valence-corrected chi connectivity index (χ3v) is 3.71. The van der Waals surface area contributed by atoms with Crippen LogP contribution in [0.4, 0.5) is 0 Å². The van der Waals surface area contributed by atoms with E-state index in [2.05, 4.69) is 30.6 Å². The highest BCUT2D eigenvalue weighted by Crippen LogP contribution is 2.30. The maximum atomic E-state index is 8.72. The summed E-state index contributed by atoms with van der Waals surface area (Å²) in [7, 11) is 0. The number of hydrogen-bond donors (Lipinski definition) is 1. The second-order valence-corrected chi connectivity index (χ2v) is 5.87. The normalized spacial score (nSPS) is 14.1. The van der Waals surface area contributed by atoms with Crippen molar-refractivity contribution in [2.75, 3.05) is 26.3 Å². The molecule has 1 aromatic rings. The first-order valence-corrected chi connectivity index (χ1v) is 7.75. The Labute approximate surface area is 127 Å². The molecule has 0 aromatic heterocycles. The van der Waals surface area contributed by atoms with Crippen LogP contribution in [0.15, 0.2) is 24.3 Å².